The number of halogens is 4. The molecule has 0 bridgehead atoms. The molecule has 10 nitrogen and oxygen atoms in total. The van der Waals surface area contributed by atoms with Crippen LogP contribution in [0, 0.1) is 0 Å². The average molecular weight is 554 g/mol. The summed E-state index contributed by atoms with van der Waals surface area (Å²) in [5, 5.41) is 14.8. The van der Waals surface area contributed by atoms with Gasteiger partial charge in [0, 0.05) is 16.1 Å². The number of H-pyrrole nitrogens is 1. The first-order valence-corrected chi connectivity index (χ1v) is 11.7. The minimum Gasteiger partial charge on any atom is -0.371 e. The zero-order valence-electron chi connectivity index (χ0n) is 19.2. The number of hydrogen-bond donors (Lipinski definition) is 5. The molecule has 37 heavy (non-hydrogen) atoms. The fourth-order valence-electron chi connectivity index (χ4n) is 3.48. The predicted octanol–water partition coefficient (Wildman–Crippen LogP) is 3.89. The van der Waals surface area contributed by atoms with Crippen molar-refractivity contribution in [3.05, 3.63) is 46.6 Å². The molecule has 4 rings (SSSR count). The second kappa shape index (κ2) is 9.52. The van der Waals surface area contributed by atoms with E-state index in [1.54, 1.807) is 0 Å². The predicted molar refractivity (Wildman–Crippen MR) is 134 cm³/mol. The van der Waals surface area contributed by atoms with Crippen molar-refractivity contribution < 1.29 is 27.6 Å². The van der Waals surface area contributed by atoms with E-state index in [1.165, 1.54) is 38.2 Å². The molecule has 2 aromatic heterocycles. The van der Waals surface area contributed by atoms with Gasteiger partial charge in [-0.05, 0) is 38.1 Å². The van der Waals surface area contributed by atoms with Gasteiger partial charge in [-0.25, -0.2) is 4.98 Å². The summed E-state index contributed by atoms with van der Waals surface area (Å²) in [6.45, 7) is 2.60. The number of aromatic nitrogens is 3. The number of alkyl halides is 3. The topological polar surface area (TPSA) is 155 Å². The van der Waals surface area contributed by atoms with Crippen molar-refractivity contribution >= 4 is 72.6 Å². The quantitative estimate of drug-likeness (QED) is 0.234. The van der Waals surface area contributed by atoms with E-state index in [4.69, 9.17) is 17.3 Å². The van der Waals surface area contributed by atoms with Gasteiger partial charge in [0.25, 0.3) is 11.8 Å². The number of primary amides is 1. The largest absolute Gasteiger partial charge is 0.418 e. The minimum atomic E-state index is -4.67. The van der Waals surface area contributed by atoms with Crippen molar-refractivity contribution in [3.8, 4) is 0 Å². The van der Waals surface area contributed by atoms with Crippen molar-refractivity contribution in [3.63, 3.8) is 0 Å². The lowest BCUT2D eigenvalue weighted by atomic mass is 10.0. The van der Waals surface area contributed by atoms with E-state index >= 15 is 0 Å². The summed E-state index contributed by atoms with van der Waals surface area (Å²) in [7, 11) is 0. The summed E-state index contributed by atoms with van der Waals surface area (Å²) in [5.41, 5.74) is 2.88. The highest BCUT2D eigenvalue weighted by Gasteiger charge is 2.36. The first-order chi connectivity index (χ1) is 17.3. The molecule has 0 saturated heterocycles. The van der Waals surface area contributed by atoms with Gasteiger partial charge >= 0.3 is 6.18 Å². The van der Waals surface area contributed by atoms with E-state index in [0.717, 1.165) is 17.4 Å². The molecule has 15 heteroatoms. The number of nitrogens with one attached hydrogen (secondary N) is 4. The number of anilines is 2. The van der Waals surface area contributed by atoms with Gasteiger partial charge < -0.3 is 16.4 Å². The molecule has 2 heterocycles. The number of carbonyl (C=O) groups excluding carboxylic acids is 3. The molecule has 0 spiro atoms. The number of nitrogens with two attached hydrogens (primary N) is 1. The van der Waals surface area contributed by atoms with Gasteiger partial charge in [-0.15, -0.1) is 0 Å². The molecule has 4 aromatic rings. The average Bonchev–Trinajstić information content (AvgIpc) is 3.43. The fraction of sp³-hybridized carbons (Fsp3) is 0.227. The lowest BCUT2D eigenvalue weighted by molar-refractivity contribution is -0.136. The number of carbonyl (C=O) groups is 3. The Kier molecular flexibility index (Phi) is 6.73. The molecule has 3 amide bonds. The number of nitrogens with zero attached hydrogens (tertiary/aromatic N) is 2. The third-order valence-electron chi connectivity index (χ3n) is 5.27. The van der Waals surface area contributed by atoms with Gasteiger partial charge in [0.05, 0.1) is 39.6 Å². The first kappa shape index (κ1) is 26.2. The Bertz CT molecular complexity index is 1550. The normalized spacial score (nSPS) is 12.1. The van der Waals surface area contributed by atoms with Gasteiger partial charge in [-0.2, -0.15) is 18.3 Å². The summed E-state index contributed by atoms with van der Waals surface area (Å²) in [4.78, 5) is 40.7. The van der Waals surface area contributed by atoms with Crippen LogP contribution in [0.25, 0.3) is 21.1 Å². The third kappa shape index (κ3) is 5.44. The molecule has 0 saturated carbocycles. The molecule has 2 aromatic carbocycles. The molecule has 0 unspecified atom stereocenters. The van der Waals surface area contributed by atoms with E-state index in [0.29, 0.717) is 5.39 Å². The monoisotopic (exact) mass is 553 g/mol. The Balaban J connectivity index is 1.62. The molecule has 0 atom stereocenters. The van der Waals surface area contributed by atoms with Crippen LogP contribution in [0.15, 0.2) is 30.5 Å². The lowest BCUT2D eigenvalue weighted by Gasteiger charge is -2.27. The van der Waals surface area contributed by atoms with E-state index < -0.39 is 41.5 Å². The van der Waals surface area contributed by atoms with Gasteiger partial charge in [-0.3, -0.25) is 24.8 Å². The Labute approximate surface area is 215 Å². The second-order valence-electron chi connectivity index (χ2n) is 8.49. The van der Waals surface area contributed by atoms with Gasteiger partial charge in [-0.1, -0.05) is 22.9 Å². The Morgan fingerprint density at radius 3 is 2.59 bits per heavy atom. The van der Waals surface area contributed by atoms with Gasteiger partial charge in [0.2, 0.25) is 5.91 Å². The summed E-state index contributed by atoms with van der Waals surface area (Å²) in [6, 6.07) is 5.23. The molecule has 0 fully saturated rings. The highest BCUT2D eigenvalue weighted by Crippen LogP contribution is 2.41. The summed E-state index contributed by atoms with van der Waals surface area (Å²) < 4.78 is 41.2. The van der Waals surface area contributed by atoms with Crippen molar-refractivity contribution in [1.82, 2.24) is 20.5 Å². The van der Waals surface area contributed by atoms with E-state index in [1.807, 2.05) is 0 Å². The smallest absolute Gasteiger partial charge is 0.371 e. The molecular weight excluding hydrogens is 535 g/mol. The zero-order chi connectivity index (χ0) is 27.1. The van der Waals surface area contributed by atoms with Crippen molar-refractivity contribution in [1.29, 1.82) is 0 Å². The zero-order valence-corrected chi connectivity index (χ0v) is 20.8. The van der Waals surface area contributed by atoms with Crippen LogP contribution in [0.3, 0.4) is 0 Å². The van der Waals surface area contributed by atoms with Crippen molar-refractivity contribution in [2.75, 3.05) is 17.2 Å². The van der Waals surface area contributed by atoms with Crippen LogP contribution in [0.1, 0.15) is 29.8 Å². The fourth-order valence-corrected chi connectivity index (χ4v) is 4.65. The highest BCUT2D eigenvalue weighted by molar-refractivity contribution is 7.23. The number of amides is 3. The van der Waals surface area contributed by atoms with Gasteiger partial charge in [0.1, 0.15) is 5.54 Å². The maximum Gasteiger partial charge on any atom is 0.418 e. The molecule has 6 N–H and O–H groups in total. The second-order valence-corrected chi connectivity index (χ2v) is 9.93. The minimum absolute atomic E-state index is 0.0479. The first-order valence-electron chi connectivity index (χ1n) is 10.6. The summed E-state index contributed by atoms with van der Waals surface area (Å²) >= 11 is 6.88. The highest BCUT2D eigenvalue weighted by atomic mass is 35.5. The molecule has 0 aliphatic carbocycles. The summed E-state index contributed by atoms with van der Waals surface area (Å²) in [5.74, 6) is -2.04. The van der Waals surface area contributed by atoms with Crippen LogP contribution in [-0.2, 0) is 15.8 Å². The maximum atomic E-state index is 13.7. The van der Waals surface area contributed by atoms with Crippen LogP contribution in [0.5, 0.6) is 0 Å². The number of benzene rings is 2. The van der Waals surface area contributed by atoms with Crippen LogP contribution in [0.2, 0.25) is 5.02 Å². The SMILES string of the molecule is CC(C)(Nc1ccc(Cl)cc1C(=O)NCC(N)=O)C(=O)Nc1nc2c(C(F)(F)F)cc3[nH]ncc3c2s1. The van der Waals surface area contributed by atoms with E-state index in [9.17, 15) is 27.6 Å². The molecule has 0 radical (unpaired) electrons. The maximum absolute atomic E-state index is 13.7. The van der Waals surface area contributed by atoms with Crippen molar-refractivity contribution in [2.45, 2.75) is 25.6 Å². The van der Waals surface area contributed by atoms with Crippen LogP contribution >= 0.6 is 22.9 Å². The number of fused-ring (bicyclic) bond motifs is 3. The number of aromatic amines is 1. The van der Waals surface area contributed by atoms with E-state index in [-0.39, 0.29) is 37.1 Å². The standard InChI is InChI=1S/C22H19ClF3N7O3S/c1-21(2,32-13-4-3-9(23)5-10(13)18(35)28-8-15(27)34)19(36)31-20-30-16-12(22(24,25)26)6-14-11(7-29-33-14)17(16)37-20/h3-7,32H,8H2,1-2H3,(H2,27,34)(H,28,35)(H,29,33)(H,30,31,36). The Morgan fingerprint density at radius 2 is 1.92 bits per heavy atom. The molecule has 0 aliphatic heterocycles. The summed E-state index contributed by atoms with van der Waals surface area (Å²) in [6.07, 6.45) is -3.29. The number of rotatable bonds is 7. The number of thiazole rings is 1. The number of hydrogen-bond acceptors (Lipinski definition) is 7. The van der Waals surface area contributed by atoms with Crippen LogP contribution < -0.4 is 21.7 Å². The van der Waals surface area contributed by atoms with E-state index in [2.05, 4.69) is 31.1 Å². The Hall–Kier alpha value is -3.91. The Morgan fingerprint density at radius 1 is 1.19 bits per heavy atom. The molecule has 0 aliphatic rings. The van der Waals surface area contributed by atoms with Crippen molar-refractivity contribution in [2.24, 2.45) is 5.73 Å². The third-order valence-corrected chi connectivity index (χ3v) is 6.51. The van der Waals surface area contributed by atoms with Crippen LogP contribution in [-0.4, -0.2) is 45.0 Å². The lowest BCUT2D eigenvalue weighted by Crippen LogP contribution is -2.45. The molecular formula is C22H19ClF3N7O3S. The molecule has 194 valence electrons. The van der Waals surface area contributed by atoms with Gasteiger partial charge in [0.15, 0.2) is 5.13 Å². The van der Waals surface area contributed by atoms with Crippen LogP contribution in [0.4, 0.5) is 24.0 Å².